The molecule has 10 nitrogen and oxygen atoms in total. The third-order valence-electron chi connectivity index (χ3n) is 2.79. The molecule has 0 radical (unpaired) electrons. The Balaban J connectivity index is 1.96. The smallest absolute Gasteiger partial charge is 0.331 e. The van der Waals surface area contributed by atoms with Crippen molar-refractivity contribution in [3.05, 3.63) is 30.1 Å². The fraction of sp³-hybridized carbons (Fsp3) is 0.364. The molecule has 2 aromatic rings. The number of rotatable bonds is 5. The minimum Gasteiger partial charge on any atom is -0.479 e. The molecule has 10 heteroatoms. The largest absolute Gasteiger partial charge is 0.479 e. The number of hydrogen-bond donors (Lipinski definition) is 3. The number of carboxylic acids is 1. The topological polar surface area (TPSA) is 127 Å². The number of nitrogens with one attached hydrogen (secondary N) is 2. The van der Waals surface area contributed by atoms with E-state index in [1.54, 1.807) is 18.7 Å². The highest BCUT2D eigenvalue weighted by molar-refractivity contribution is 5.83. The summed E-state index contributed by atoms with van der Waals surface area (Å²) in [5.41, 5.74) is 0.388. The lowest BCUT2D eigenvalue weighted by atomic mass is 10.1. The lowest BCUT2D eigenvalue weighted by Gasteiger charge is -2.13. The number of aliphatic carboxylic acids is 1. The van der Waals surface area contributed by atoms with Crippen LogP contribution in [-0.4, -0.2) is 41.7 Å². The quantitative estimate of drug-likeness (QED) is 0.660. The van der Waals surface area contributed by atoms with Crippen molar-refractivity contribution in [2.24, 2.45) is 14.1 Å². The Morgan fingerprint density at radius 3 is 2.71 bits per heavy atom. The molecule has 2 aromatic heterocycles. The summed E-state index contributed by atoms with van der Waals surface area (Å²) in [5, 5.41) is 25.4. The monoisotopic (exact) mass is 293 g/mol. The Bertz CT molecular complexity index is 648. The molecule has 2 heterocycles. The Kier molecular flexibility index (Phi) is 4.16. The van der Waals surface area contributed by atoms with Crippen LogP contribution in [0, 0.1) is 0 Å². The van der Waals surface area contributed by atoms with Gasteiger partial charge in [-0.05, 0) is 0 Å². The number of amides is 2. The van der Waals surface area contributed by atoms with Crippen molar-refractivity contribution in [2.45, 2.75) is 12.6 Å². The summed E-state index contributed by atoms with van der Waals surface area (Å²) in [6.45, 7) is 0.141. The van der Waals surface area contributed by atoms with Crippen LogP contribution < -0.4 is 10.6 Å². The molecule has 0 saturated heterocycles. The first-order valence-electron chi connectivity index (χ1n) is 6.06. The van der Waals surface area contributed by atoms with Crippen LogP contribution in [-0.2, 0) is 25.4 Å². The van der Waals surface area contributed by atoms with E-state index in [0.29, 0.717) is 11.4 Å². The number of carbonyl (C=O) groups is 2. The third-order valence-corrected chi connectivity index (χ3v) is 2.79. The molecule has 1 unspecified atom stereocenters. The van der Waals surface area contributed by atoms with Crippen molar-refractivity contribution in [3.8, 4) is 0 Å². The van der Waals surface area contributed by atoms with Crippen LogP contribution in [0.4, 0.5) is 4.79 Å². The molecule has 0 aliphatic carbocycles. The highest BCUT2D eigenvalue weighted by Crippen LogP contribution is 2.11. The first-order chi connectivity index (χ1) is 9.97. The van der Waals surface area contributed by atoms with E-state index < -0.39 is 18.0 Å². The van der Waals surface area contributed by atoms with E-state index >= 15 is 0 Å². The summed E-state index contributed by atoms with van der Waals surface area (Å²) >= 11 is 0. The lowest BCUT2D eigenvalue weighted by Crippen LogP contribution is -2.40. The molecular weight excluding hydrogens is 278 g/mol. The lowest BCUT2D eigenvalue weighted by molar-refractivity contribution is -0.139. The van der Waals surface area contributed by atoms with Gasteiger partial charge in [-0.3, -0.25) is 4.68 Å². The molecule has 0 aliphatic heterocycles. The fourth-order valence-corrected chi connectivity index (χ4v) is 1.69. The van der Waals surface area contributed by atoms with Gasteiger partial charge in [-0.25, -0.2) is 9.59 Å². The average Bonchev–Trinajstić information content (AvgIpc) is 3.02. The molecule has 21 heavy (non-hydrogen) atoms. The summed E-state index contributed by atoms with van der Waals surface area (Å²) in [7, 11) is 3.40. The van der Waals surface area contributed by atoms with Gasteiger partial charge in [0.2, 0.25) is 0 Å². The zero-order valence-corrected chi connectivity index (χ0v) is 11.5. The summed E-state index contributed by atoms with van der Waals surface area (Å²) in [6, 6.07) is -1.78. The second kappa shape index (κ2) is 6.03. The molecule has 0 saturated carbocycles. The van der Waals surface area contributed by atoms with Crippen LogP contribution >= 0.6 is 0 Å². The molecule has 0 aromatic carbocycles. The van der Waals surface area contributed by atoms with E-state index in [9.17, 15) is 14.7 Å². The Morgan fingerprint density at radius 2 is 2.19 bits per heavy atom. The maximum atomic E-state index is 11.8. The molecule has 0 aliphatic rings. The molecular formula is C11H15N7O3. The van der Waals surface area contributed by atoms with E-state index in [2.05, 4.69) is 25.9 Å². The van der Waals surface area contributed by atoms with Crippen molar-refractivity contribution >= 4 is 12.0 Å². The van der Waals surface area contributed by atoms with Crippen molar-refractivity contribution in [2.75, 3.05) is 0 Å². The second-order valence-corrected chi connectivity index (χ2v) is 4.40. The highest BCUT2D eigenvalue weighted by Gasteiger charge is 2.23. The van der Waals surface area contributed by atoms with Crippen LogP contribution in [0.3, 0.4) is 0 Å². The summed E-state index contributed by atoms with van der Waals surface area (Å²) in [5.74, 6) is -0.616. The van der Waals surface area contributed by atoms with Gasteiger partial charge in [0.05, 0.1) is 12.7 Å². The number of aryl methyl sites for hydroxylation is 2. The van der Waals surface area contributed by atoms with Crippen molar-refractivity contribution < 1.29 is 14.7 Å². The molecule has 2 amide bonds. The molecule has 2 rings (SSSR count). The van der Waals surface area contributed by atoms with Crippen LogP contribution in [0.2, 0.25) is 0 Å². The van der Waals surface area contributed by atoms with Gasteiger partial charge in [0.15, 0.2) is 11.9 Å². The van der Waals surface area contributed by atoms with Crippen molar-refractivity contribution in [1.29, 1.82) is 0 Å². The highest BCUT2D eigenvalue weighted by atomic mass is 16.4. The fourth-order valence-electron chi connectivity index (χ4n) is 1.69. The summed E-state index contributed by atoms with van der Waals surface area (Å²) in [6.07, 6.45) is 4.42. The zero-order valence-electron chi connectivity index (χ0n) is 11.5. The average molecular weight is 293 g/mol. The molecule has 0 spiro atoms. The van der Waals surface area contributed by atoms with Gasteiger partial charge in [-0.15, -0.1) is 10.2 Å². The van der Waals surface area contributed by atoms with E-state index in [-0.39, 0.29) is 6.54 Å². The van der Waals surface area contributed by atoms with E-state index in [0.717, 1.165) is 0 Å². The van der Waals surface area contributed by atoms with E-state index in [1.165, 1.54) is 23.4 Å². The minimum atomic E-state index is -1.17. The maximum absolute atomic E-state index is 11.8. The molecule has 0 fully saturated rings. The number of aromatic nitrogens is 5. The summed E-state index contributed by atoms with van der Waals surface area (Å²) < 4.78 is 3.11. The van der Waals surface area contributed by atoms with Gasteiger partial charge in [-0.1, -0.05) is 0 Å². The zero-order chi connectivity index (χ0) is 15.4. The normalized spacial score (nSPS) is 11.9. The van der Waals surface area contributed by atoms with Gasteiger partial charge in [-0.2, -0.15) is 5.10 Å². The Morgan fingerprint density at radius 1 is 1.43 bits per heavy atom. The van der Waals surface area contributed by atoms with E-state index in [4.69, 9.17) is 0 Å². The molecule has 112 valence electrons. The number of urea groups is 1. The first kappa shape index (κ1) is 14.5. The molecule has 0 bridgehead atoms. The maximum Gasteiger partial charge on any atom is 0.331 e. The first-order valence-corrected chi connectivity index (χ1v) is 6.06. The Hall–Kier alpha value is -2.91. The van der Waals surface area contributed by atoms with E-state index in [1.807, 2.05) is 0 Å². The standard InChI is InChI=1S/C11H15N7O3/c1-17-6-13-16-8(17)4-12-11(21)15-9(10(19)20)7-3-14-18(2)5-7/h3,5-6,9H,4H2,1-2H3,(H,19,20)(H2,12,15,21). The number of nitrogens with zero attached hydrogens (tertiary/aromatic N) is 5. The SMILES string of the molecule is Cn1cc(C(NC(=O)NCc2nncn2C)C(=O)O)cn1. The van der Waals surface area contributed by atoms with Crippen molar-refractivity contribution in [3.63, 3.8) is 0 Å². The Labute approximate surface area is 119 Å². The predicted molar refractivity (Wildman–Crippen MR) is 70.0 cm³/mol. The number of carboxylic acid groups (broad SMARTS) is 1. The van der Waals surface area contributed by atoms with Gasteiger partial charge in [0.25, 0.3) is 0 Å². The number of hydrogen-bond acceptors (Lipinski definition) is 5. The van der Waals surface area contributed by atoms with Gasteiger partial charge < -0.3 is 20.3 Å². The number of carbonyl (C=O) groups excluding carboxylic acids is 1. The van der Waals surface area contributed by atoms with Crippen LogP contribution in [0.5, 0.6) is 0 Å². The van der Waals surface area contributed by atoms with Crippen molar-refractivity contribution in [1.82, 2.24) is 35.2 Å². The van der Waals surface area contributed by atoms with Crippen LogP contribution in [0.25, 0.3) is 0 Å². The molecule has 3 N–H and O–H groups in total. The van der Waals surface area contributed by atoms with Crippen LogP contribution in [0.1, 0.15) is 17.4 Å². The second-order valence-electron chi connectivity index (χ2n) is 4.40. The third kappa shape index (κ3) is 3.55. The van der Waals surface area contributed by atoms with Crippen LogP contribution in [0.15, 0.2) is 18.7 Å². The minimum absolute atomic E-state index is 0.141. The predicted octanol–water partition coefficient (Wildman–Crippen LogP) is -0.826. The molecule has 1 atom stereocenters. The van der Waals surface area contributed by atoms with Gasteiger partial charge in [0, 0.05) is 25.9 Å². The van der Waals surface area contributed by atoms with Gasteiger partial charge in [0.1, 0.15) is 6.33 Å². The summed E-state index contributed by atoms with van der Waals surface area (Å²) in [4.78, 5) is 23.0. The van der Waals surface area contributed by atoms with Gasteiger partial charge >= 0.3 is 12.0 Å².